The summed E-state index contributed by atoms with van der Waals surface area (Å²) >= 11 is 1.61. The summed E-state index contributed by atoms with van der Waals surface area (Å²) < 4.78 is 0. The zero-order chi connectivity index (χ0) is 22.1. The maximum atomic E-state index is 12.6. The third kappa shape index (κ3) is 4.02. The molecule has 32 heavy (non-hydrogen) atoms. The number of anilines is 2. The summed E-state index contributed by atoms with van der Waals surface area (Å²) in [6.07, 6.45) is 3.41. The van der Waals surface area contributed by atoms with Crippen molar-refractivity contribution in [1.29, 1.82) is 0 Å². The van der Waals surface area contributed by atoms with E-state index in [2.05, 4.69) is 32.5 Å². The fraction of sp³-hybridized carbons (Fsp3) is 0.208. The molecule has 0 unspecified atom stereocenters. The van der Waals surface area contributed by atoms with Crippen LogP contribution in [0.15, 0.2) is 59.6 Å². The van der Waals surface area contributed by atoms with Gasteiger partial charge in [-0.05, 0) is 59.3 Å². The Labute approximate surface area is 190 Å². The van der Waals surface area contributed by atoms with E-state index in [1.807, 2.05) is 41.1 Å². The van der Waals surface area contributed by atoms with E-state index in [0.717, 1.165) is 48.8 Å². The Morgan fingerprint density at radius 1 is 1.00 bits per heavy atom. The van der Waals surface area contributed by atoms with Crippen molar-refractivity contribution in [2.45, 2.75) is 0 Å². The van der Waals surface area contributed by atoms with Gasteiger partial charge in [0.15, 0.2) is 0 Å². The number of benzene rings is 1. The Bertz CT molecular complexity index is 1180. The molecule has 8 heteroatoms. The Morgan fingerprint density at radius 3 is 2.56 bits per heavy atom. The smallest absolute Gasteiger partial charge is 0.260 e. The van der Waals surface area contributed by atoms with Gasteiger partial charge in [-0.25, -0.2) is 4.98 Å². The molecule has 0 saturated carbocycles. The number of rotatable bonds is 4. The number of nitrogens with zero attached hydrogens (tertiary/aromatic N) is 3. The van der Waals surface area contributed by atoms with Crippen LogP contribution in [0.25, 0.3) is 16.7 Å². The zero-order valence-electron chi connectivity index (χ0n) is 17.7. The van der Waals surface area contributed by atoms with Crippen molar-refractivity contribution < 1.29 is 9.59 Å². The van der Waals surface area contributed by atoms with Crippen molar-refractivity contribution in [3.63, 3.8) is 0 Å². The average Bonchev–Trinajstić information content (AvgIpc) is 3.35. The van der Waals surface area contributed by atoms with E-state index in [9.17, 15) is 9.59 Å². The molecule has 5 rings (SSSR count). The van der Waals surface area contributed by atoms with Crippen molar-refractivity contribution in [3.05, 3.63) is 70.7 Å². The predicted molar refractivity (Wildman–Crippen MR) is 128 cm³/mol. The van der Waals surface area contributed by atoms with Crippen molar-refractivity contribution in [3.8, 4) is 11.1 Å². The molecule has 0 bridgehead atoms. The first-order valence-electron chi connectivity index (χ1n) is 10.5. The standard InChI is InChI=1S/C24H23N5O2S/c1-28-7-9-29(10-8-28)22-5-3-18(13-26-22)25-14-21-20-12-16(17-6-11-32-15-17)2-4-19(20)23(30)27-24(21)31/h2-6,11-15,25H,7-10H2,1H3,(H,27,30,31). The quantitative estimate of drug-likeness (QED) is 0.474. The minimum Gasteiger partial charge on any atom is -0.360 e. The maximum absolute atomic E-state index is 12.6. The number of pyridine rings is 1. The monoisotopic (exact) mass is 445 g/mol. The van der Waals surface area contributed by atoms with Crippen LogP contribution in [0.2, 0.25) is 0 Å². The lowest BCUT2D eigenvalue weighted by Gasteiger charge is -2.33. The van der Waals surface area contributed by atoms with Crippen LogP contribution in [0.4, 0.5) is 11.5 Å². The van der Waals surface area contributed by atoms with Gasteiger partial charge < -0.3 is 15.1 Å². The van der Waals surface area contributed by atoms with Gasteiger partial charge in [-0.3, -0.25) is 14.9 Å². The molecule has 1 saturated heterocycles. The Kier molecular flexibility index (Phi) is 5.46. The van der Waals surface area contributed by atoms with Gasteiger partial charge >= 0.3 is 0 Å². The number of imide groups is 1. The summed E-state index contributed by atoms with van der Waals surface area (Å²) in [5.74, 6) is 0.153. The van der Waals surface area contributed by atoms with Gasteiger partial charge in [-0.15, -0.1) is 0 Å². The van der Waals surface area contributed by atoms with Gasteiger partial charge in [0, 0.05) is 43.5 Å². The summed E-state index contributed by atoms with van der Waals surface area (Å²) in [4.78, 5) is 34.1. The van der Waals surface area contributed by atoms with E-state index in [1.165, 1.54) is 0 Å². The predicted octanol–water partition coefficient (Wildman–Crippen LogP) is 3.28. The summed E-state index contributed by atoms with van der Waals surface area (Å²) in [6.45, 7) is 3.96. The zero-order valence-corrected chi connectivity index (χ0v) is 18.5. The molecule has 1 aromatic carbocycles. The van der Waals surface area contributed by atoms with Crippen LogP contribution in [-0.4, -0.2) is 54.9 Å². The molecule has 4 heterocycles. The molecule has 3 aromatic rings. The Balaban J connectivity index is 1.39. The van der Waals surface area contributed by atoms with E-state index in [-0.39, 0.29) is 5.91 Å². The summed E-state index contributed by atoms with van der Waals surface area (Å²) in [6, 6.07) is 11.5. The van der Waals surface area contributed by atoms with Crippen molar-refractivity contribution >= 4 is 40.2 Å². The van der Waals surface area contributed by atoms with Crippen LogP contribution in [0.3, 0.4) is 0 Å². The fourth-order valence-electron chi connectivity index (χ4n) is 3.93. The second kappa shape index (κ2) is 8.57. The third-order valence-electron chi connectivity index (χ3n) is 5.84. The first-order valence-corrected chi connectivity index (χ1v) is 11.4. The molecule has 0 atom stereocenters. The Morgan fingerprint density at radius 2 is 1.84 bits per heavy atom. The molecule has 162 valence electrons. The summed E-state index contributed by atoms with van der Waals surface area (Å²) in [5, 5.41) is 9.64. The van der Waals surface area contributed by atoms with E-state index < -0.39 is 5.91 Å². The van der Waals surface area contributed by atoms with E-state index in [0.29, 0.717) is 16.7 Å². The number of likely N-dealkylation sites (N-methyl/N-ethyl adjacent to an activating group) is 1. The first kappa shape index (κ1) is 20.4. The molecule has 0 radical (unpaired) electrons. The number of amides is 2. The highest BCUT2D eigenvalue weighted by atomic mass is 32.1. The molecule has 0 spiro atoms. The third-order valence-corrected chi connectivity index (χ3v) is 6.52. The lowest BCUT2D eigenvalue weighted by molar-refractivity contribution is -0.114. The van der Waals surface area contributed by atoms with E-state index in [4.69, 9.17) is 0 Å². The van der Waals surface area contributed by atoms with E-state index >= 15 is 0 Å². The topological polar surface area (TPSA) is 77.6 Å². The lowest BCUT2D eigenvalue weighted by Crippen LogP contribution is -2.44. The number of fused-ring (bicyclic) bond motifs is 1. The average molecular weight is 446 g/mol. The molecular formula is C24H23N5O2S. The number of carbonyl (C=O) groups is 2. The van der Waals surface area contributed by atoms with Gasteiger partial charge in [-0.1, -0.05) is 6.07 Å². The van der Waals surface area contributed by atoms with Crippen molar-refractivity contribution in [2.24, 2.45) is 0 Å². The number of hydrogen-bond donors (Lipinski definition) is 2. The minimum atomic E-state index is -0.417. The summed E-state index contributed by atoms with van der Waals surface area (Å²) in [7, 11) is 2.13. The van der Waals surface area contributed by atoms with Crippen LogP contribution in [0.1, 0.15) is 15.9 Å². The highest BCUT2D eigenvalue weighted by Gasteiger charge is 2.27. The maximum Gasteiger partial charge on any atom is 0.260 e. The van der Waals surface area contributed by atoms with Crippen LogP contribution in [-0.2, 0) is 4.79 Å². The van der Waals surface area contributed by atoms with Gasteiger partial charge in [0.05, 0.1) is 17.5 Å². The number of thiophene rings is 1. The largest absolute Gasteiger partial charge is 0.360 e. The SMILES string of the molecule is CN1CCN(c2ccc(NC=C3C(=O)NC(=O)c4ccc(-c5ccsc5)cc43)cn2)CC1. The highest BCUT2D eigenvalue weighted by Crippen LogP contribution is 2.30. The number of nitrogens with one attached hydrogen (secondary N) is 2. The molecule has 7 nitrogen and oxygen atoms in total. The second-order valence-corrected chi connectivity index (χ2v) is 8.73. The molecule has 2 aromatic heterocycles. The normalized spacial score (nSPS) is 17.9. The summed E-state index contributed by atoms with van der Waals surface area (Å²) in [5.41, 5.74) is 4.33. The van der Waals surface area contributed by atoms with Crippen molar-refractivity contribution in [2.75, 3.05) is 43.4 Å². The van der Waals surface area contributed by atoms with Gasteiger partial charge in [0.25, 0.3) is 11.8 Å². The number of hydrogen-bond acceptors (Lipinski definition) is 7. The number of piperazine rings is 1. The molecule has 2 amide bonds. The fourth-order valence-corrected chi connectivity index (χ4v) is 4.59. The van der Waals surface area contributed by atoms with Crippen LogP contribution in [0.5, 0.6) is 0 Å². The van der Waals surface area contributed by atoms with Gasteiger partial charge in [0.1, 0.15) is 5.82 Å². The molecule has 2 aliphatic rings. The van der Waals surface area contributed by atoms with Crippen LogP contribution >= 0.6 is 11.3 Å². The lowest BCUT2D eigenvalue weighted by atomic mass is 9.92. The number of aromatic nitrogens is 1. The molecule has 1 fully saturated rings. The van der Waals surface area contributed by atoms with E-state index in [1.54, 1.807) is 29.8 Å². The first-order chi connectivity index (χ1) is 15.6. The molecular weight excluding hydrogens is 422 g/mol. The number of carbonyl (C=O) groups excluding carboxylic acids is 2. The second-order valence-electron chi connectivity index (χ2n) is 7.95. The highest BCUT2D eigenvalue weighted by molar-refractivity contribution is 7.08. The van der Waals surface area contributed by atoms with Crippen LogP contribution in [0, 0.1) is 0 Å². The Hall–Kier alpha value is -3.49. The molecule has 2 aliphatic heterocycles. The minimum absolute atomic E-state index is 0.378. The van der Waals surface area contributed by atoms with Gasteiger partial charge in [-0.2, -0.15) is 11.3 Å². The molecule has 2 N–H and O–H groups in total. The van der Waals surface area contributed by atoms with Crippen LogP contribution < -0.4 is 15.5 Å². The van der Waals surface area contributed by atoms with Gasteiger partial charge in [0.2, 0.25) is 0 Å². The van der Waals surface area contributed by atoms with Crippen molar-refractivity contribution in [1.82, 2.24) is 15.2 Å². The molecule has 0 aliphatic carbocycles.